The molecule has 2 heteroatoms. The Morgan fingerprint density at radius 2 is 1.88 bits per heavy atom. The third-order valence-corrected chi connectivity index (χ3v) is 3.86. The van der Waals surface area contributed by atoms with E-state index in [0.29, 0.717) is 0 Å². The van der Waals surface area contributed by atoms with Crippen molar-refractivity contribution in [2.75, 3.05) is 13.1 Å². The SMILES string of the molecule is CC(C)C1CCN(Cc2ccc(CO)cc2)C1. The lowest BCUT2D eigenvalue weighted by Gasteiger charge is -2.18. The normalized spacial score (nSPS) is 21.3. The van der Waals surface area contributed by atoms with Crippen LogP contribution in [0.3, 0.4) is 0 Å². The van der Waals surface area contributed by atoms with Crippen LogP contribution in [0.5, 0.6) is 0 Å². The molecule has 0 bridgehead atoms. The molecule has 1 unspecified atom stereocenters. The number of hydrogen-bond donors (Lipinski definition) is 1. The number of likely N-dealkylation sites (tertiary alicyclic amines) is 1. The third-order valence-electron chi connectivity index (χ3n) is 3.86. The first-order valence-electron chi connectivity index (χ1n) is 6.60. The van der Waals surface area contributed by atoms with Gasteiger partial charge in [0.25, 0.3) is 0 Å². The molecule has 1 aromatic carbocycles. The molecule has 1 aromatic rings. The molecule has 0 saturated carbocycles. The van der Waals surface area contributed by atoms with Gasteiger partial charge in [0.2, 0.25) is 0 Å². The Kier molecular flexibility index (Phi) is 4.19. The Hall–Kier alpha value is -0.860. The number of aliphatic hydroxyl groups excluding tert-OH is 1. The molecule has 1 fully saturated rings. The van der Waals surface area contributed by atoms with E-state index in [4.69, 9.17) is 5.11 Å². The fourth-order valence-corrected chi connectivity index (χ4v) is 2.56. The van der Waals surface area contributed by atoms with E-state index >= 15 is 0 Å². The number of rotatable bonds is 4. The van der Waals surface area contributed by atoms with Gasteiger partial charge in [0.05, 0.1) is 6.61 Å². The number of hydrogen-bond acceptors (Lipinski definition) is 2. The lowest BCUT2D eigenvalue weighted by atomic mass is 9.95. The van der Waals surface area contributed by atoms with Gasteiger partial charge in [0.1, 0.15) is 0 Å². The van der Waals surface area contributed by atoms with Gasteiger partial charge in [-0.3, -0.25) is 4.90 Å². The zero-order valence-electron chi connectivity index (χ0n) is 10.9. The highest BCUT2D eigenvalue weighted by Gasteiger charge is 2.24. The molecule has 94 valence electrons. The van der Waals surface area contributed by atoms with Crippen LogP contribution in [0.4, 0.5) is 0 Å². The molecule has 0 radical (unpaired) electrons. The minimum Gasteiger partial charge on any atom is -0.392 e. The molecule has 1 aliphatic heterocycles. The Bertz CT molecular complexity index is 344. The molecule has 1 aliphatic rings. The Labute approximate surface area is 104 Å². The standard InChI is InChI=1S/C15H23NO/c1-12(2)15-7-8-16(10-15)9-13-3-5-14(11-17)6-4-13/h3-6,12,15,17H,7-11H2,1-2H3. The van der Waals surface area contributed by atoms with Gasteiger partial charge >= 0.3 is 0 Å². The van der Waals surface area contributed by atoms with Crippen LogP contribution in [0, 0.1) is 11.8 Å². The highest BCUT2D eigenvalue weighted by atomic mass is 16.3. The van der Waals surface area contributed by atoms with E-state index in [9.17, 15) is 0 Å². The van der Waals surface area contributed by atoms with Crippen molar-refractivity contribution in [1.29, 1.82) is 0 Å². The summed E-state index contributed by atoms with van der Waals surface area (Å²) >= 11 is 0. The van der Waals surface area contributed by atoms with Crippen molar-refractivity contribution in [3.05, 3.63) is 35.4 Å². The minimum absolute atomic E-state index is 0.138. The maximum atomic E-state index is 9.00. The molecule has 1 N–H and O–H groups in total. The molecule has 0 spiro atoms. The van der Waals surface area contributed by atoms with E-state index in [1.165, 1.54) is 25.1 Å². The van der Waals surface area contributed by atoms with Crippen LogP contribution in [0.25, 0.3) is 0 Å². The number of aliphatic hydroxyl groups is 1. The van der Waals surface area contributed by atoms with Crippen molar-refractivity contribution in [1.82, 2.24) is 4.90 Å². The molecular formula is C15H23NO. The largest absolute Gasteiger partial charge is 0.392 e. The zero-order valence-corrected chi connectivity index (χ0v) is 10.9. The van der Waals surface area contributed by atoms with Gasteiger partial charge in [0, 0.05) is 13.1 Å². The fraction of sp³-hybridized carbons (Fsp3) is 0.600. The summed E-state index contributed by atoms with van der Waals surface area (Å²) in [5, 5.41) is 9.00. The summed E-state index contributed by atoms with van der Waals surface area (Å²) in [6.07, 6.45) is 1.34. The Morgan fingerprint density at radius 1 is 1.24 bits per heavy atom. The maximum Gasteiger partial charge on any atom is 0.0681 e. The predicted octanol–water partition coefficient (Wildman–Crippen LogP) is 2.66. The van der Waals surface area contributed by atoms with Crippen molar-refractivity contribution >= 4 is 0 Å². The molecule has 0 amide bonds. The highest BCUT2D eigenvalue weighted by Crippen LogP contribution is 2.24. The van der Waals surface area contributed by atoms with Crippen LogP contribution in [0.1, 0.15) is 31.4 Å². The quantitative estimate of drug-likeness (QED) is 0.864. The van der Waals surface area contributed by atoms with E-state index in [1.807, 2.05) is 12.1 Å². The van der Waals surface area contributed by atoms with E-state index in [2.05, 4.69) is 30.9 Å². The average molecular weight is 233 g/mol. The molecule has 1 heterocycles. The minimum atomic E-state index is 0.138. The van der Waals surface area contributed by atoms with Crippen LogP contribution in [-0.4, -0.2) is 23.1 Å². The van der Waals surface area contributed by atoms with E-state index in [0.717, 1.165) is 23.9 Å². The summed E-state index contributed by atoms with van der Waals surface area (Å²) < 4.78 is 0. The summed E-state index contributed by atoms with van der Waals surface area (Å²) in [6, 6.07) is 8.30. The second kappa shape index (κ2) is 5.65. The zero-order chi connectivity index (χ0) is 12.3. The van der Waals surface area contributed by atoms with Gasteiger partial charge in [0.15, 0.2) is 0 Å². The van der Waals surface area contributed by atoms with Gasteiger partial charge in [-0.05, 0) is 35.9 Å². The summed E-state index contributed by atoms with van der Waals surface area (Å²) in [5.41, 5.74) is 2.35. The van der Waals surface area contributed by atoms with E-state index in [1.54, 1.807) is 0 Å². The lowest BCUT2D eigenvalue weighted by molar-refractivity contribution is 0.281. The fourth-order valence-electron chi connectivity index (χ4n) is 2.56. The maximum absolute atomic E-state index is 9.00. The van der Waals surface area contributed by atoms with Gasteiger partial charge < -0.3 is 5.11 Å². The topological polar surface area (TPSA) is 23.5 Å². The first-order chi connectivity index (χ1) is 8.19. The molecule has 1 saturated heterocycles. The second-order valence-corrected chi connectivity index (χ2v) is 5.50. The number of benzene rings is 1. The smallest absolute Gasteiger partial charge is 0.0681 e. The molecule has 2 nitrogen and oxygen atoms in total. The van der Waals surface area contributed by atoms with Gasteiger partial charge in [-0.25, -0.2) is 0 Å². The average Bonchev–Trinajstić information content (AvgIpc) is 2.79. The molecular weight excluding hydrogens is 210 g/mol. The van der Waals surface area contributed by atoms with Crippen molar-refractivity contribution in [3.63, 3.8) is 0 Å². The second-order valence-electron chi connectivity index (χ2n) is 5.50. The van der Waals surface area contributed by atoms with Gasteiger partial charge in [-0.15, -0.1) is 0 Å². The van der Waals surface area contributed by atoms with E-state index in [-0.39, 0.29) is 6.61 Å². The summed E-state index contributed by atoms with van der Waals surface area (Å²) in [4.78, 5) is 2.54. The van der Waals surface area contributed by atoms with Crippen molar-refractivity contribution in [2.45, 2.75) is 33.4 Å². The predicted molar refractivity (Wildman–Crippen MR) is 70.6 cm³/mol. The lowest BCUT2D eigenvalue weighted by Crippen LogP contribution is -2.21. The van der Waals surface area contributed by atoms with Crippen LogP contribution < -0.4 is 0 Å². The van der Waals surface area contributed by atoms with Crippen molar-refractivity contribution < 1.29 is 5.11 Å². The highest BCUT2D eigenvalue weighted by molar-refractivity contribution is 5.21. The molecule has 2 rings (SSSR count). The molecule has 17 heavy (non-hydrogen) atoms. The summed E-state index contributed by atoms with van der Waals surface area (Å²) in [6.45, 7) is 8.30. The van der Waals surface area contributed by atoms with Gasteiger partial charge in [-0.1, -0.05) is 38.1 Å². The van der Waals surface area contributed by atoms with Crippen LogP contribution in [-0.2, 0) is 13.2 Å². The van der Waals surface area contributed by atoms with Crippen LogP contribution in [0.15, 0.2) is 24.3 Å². The van der Waals surface area contributed by atoms with Crippen LogP contribution >= 0.6 is 0 Å². The summed E-state index contributed by atoms with van der Waals surface area (Å²) in [7, 11) is 0. The third kappa shape index (κ3) is 3.30. The van der Waals surface area contributed by atoms with Crippen molar-refractivity contribution in [2.24, 2.45) is 11.8 Å². The first kappa shape index (κ1) is 12.6. The van der Waals surface area contributed by atoms with Crippen LogP contribution in [0.2, 0.25) is 0 Å². The summed E-state index contributed by atoms with van der Waals surface area (Å²) in [5.74, 6) is 1.67. The number of nitrogens with zero attached hydrogens (tertiary/aromatic N) is 1. The Balaban J connectivity index is 1.89. The van der Waals surface area contributed by atoms with Crippen molar-refractivity contribution in [3.8, 4) is 0 Å². The van der Waals surface area contributed by atoms with Gasteiger partial charge in [-0.2, -0.15) is 0 Å². The van der Waals surface area contributed by atoms with E-state index < -0.39 is 0 Å². The molecule has 0 aromatic heterocycles. The monoisotopic (exact) mass is 233 g/mol. The molecule has 1 atom stereocenters. The Morgan fingerprint density at radius 3 is 2.41 bits per heavy atom. The molecule has 0 aliphatic carbocycles. The first-order valence-corrected chi connectivity index (χ1v) is 6.60.